The lowest BCUT2D eigenvalue weighted by molar-refractivity contribution is -0.161. The third-order valence-corrected chi connectivity index (χ3v) is 19.5. The van der Waals surface area contributed by atoms with Crippen molar-refractivity contribution in [1.29, 1.82) is 0 Å². The van der Waals surface area contributed by atoms with E-state index in [1.54, 1.807) is 0 Å². The van der Waals surface area contributed by atoms with E-state index >= 15 is 0 Å². The first-order chi connectivity index (χ1) is 46.3. The number of hydrogen-bond acceptors (Lipinski definition) is 15. The van der Waals surface area contributed by atoms with Crippen LogP contribution in [0.4, 0.5) is 0 Å². The van der Waals surface area contributed by atoms with E-state index < -0.39 is 97.5 Å². The molecular formula is C77H146O17P2. The van der Waals surface area contributed by atoms with Crippen LogP contribution < -0.4 is 0 Å². The Balaban J connectivity index is 5.19. The minimum Gasteiger partial charge on any atom is -0.462 e. The van der Waals surface area contributed by atoms with E-state index in [0.29, 0.717) is 37.5 Å². The molecule has 3 N–H and O–H groups in total. The Labute approximate surface area is 586 Å². The summed E-state index contributed by atoms with van der Waals surface area (Å²) in [6.45, 7) is 11.7. The monoisotopic (exact) mass is 1410 g/mol. The molecule has 0 rings (SSSR count). The van der Waals surface area contributed by atoms with Crippen LogP contribution in [0, 0.1) is 17.8 Å². The van der Waals surface area contributed by atoms with Crippen molar-refractivity contribution >= 4 is 39.5 Å². The molecule has 566 valence electrons. The second-order valence-corrected chi connectivity index (χ2v) is 31.2. The standard InChI is InChI=1S/C77H146O17P2/c1-8-10-11-12-13-14-15-16-21-26-29-32-37-46-53-60-76(81)93-72(64-87-74(79)58-51-44-36-31-28-25-23-20-18-17-19-22-24-27-30-35-43-50-57-70(7)9-2)66-91-95(83,84)89-62-71(78)63-90-96(85,86)92-67-73(65-88-75(80)59-52-45-40-39-42-49-56-69(5)6)94-77(82)61-54-47-38-33-34-41-48-55-68(3)4/h14-16,21,68-73,78H,8-13,17-20,22-67H2,1-7H3,(H,83,84)(H,85,86)/b15-14-,21-16-/t70?,71-,72-,73-/m1/s1. The number of phosphoric acid groups is 2. The van der Waals surface area contributed by atoms with Crippen LogP contribution in [0.1, 0.15) is 370 Å². The minimum absolute atomic E-state index is 0.0850. The van der Waals surface area contributed by atoms with Gasteiger partial charge in [-0.3, -0.25) is 37.3 Å². The van der Waals surface area contributed by atoms with Gasteiger partial charge in [-0.2, -0.15) is 0 Å². The summed E-state index contributed by atoms with van der Waals surface area (Å²) in [5.41, 5.74) is 0. The molecule has 0 aliphatic carbocycles. The topological polar surface area (TPSA) is 237 Å². The first-order valence-corrected chi connectivity index (χ1v) is 42.2. The summed E-state index contributed by atoms with van der Waals surface area (Å²) in [4.78, 5) is 72.7. The highest BCUT2D eigenvalue weighted by atomic mass is 31.2. The average Bonchev–Trinajstić information content (AvgIpc) is 1.72. The molecule has 17 nitrogen and oxygen atoms in total. The van der Waals surface area contributed by atoms with Crippen LogP contribution in [0.3, 0.4) is 0 Å². The fourth-order valence-corrected chi connectivity index (χ4v) is 12.8. The van der Waals surface area contributed by atoms with Gasteiger partial charge in [-0.1, -0.05) is 317 Å². The van der Waals surface area contributed by atoms with Gasteiger partial charge in [0.25, 0.3) is 0 Å². The van der Waals surface area contributed by atoms with Crippen molar-refractivity contribution in [3.63, 3.8) is 0 Å². The van der Waals surface area contributed by atoms with E-state index in [1.165, 1.54) is 161 Å². The fourth-order valence-electron chi connectivity index (χ4n) is 11.2. The molecule has 0 aromatic heterocycles. The highest BCUT2D eigenvalue weighted by Crippen LogP contribution is 2.45. The number of hydrogen-bond donors (Lipinski definition) is 3. The number of unbranched alkanes of at least 4 members (excludes halogenated alkanes) is 37. The maximum atomic E-state index is 13.1. The summed E-state index contributed by atoms with van der Waals surface area (Å²) >= 11 is 0. The predicted molar refractivity (Wildman–Crippen MR) is 390 cm³/mol. The average molecular weight is 1410 g/mol. The summed E-state index contributed by atoms with van der Waals surface area (Å²) in [6, 6.07) is 0. The van der Waals surface area contributed by atoms with Crippen molar-refractivity contribution in [3.8, 4) is 0 Å². The van der Waals surface area contributed by atoms with Crippen LogP contribution in [0.25, 0.3) is 0 Å². The minimum atomic E-state index is -4.97. The maximum absolute atomic E-state index is 13.1. The summed E-state index contributed by atoms with van der Waals surface area (Å²) in [7, 11) is -9.92. The van der Waals surface area contributed by atoms with Gasteiger partial charge in [0.2, 0.25) is 0 Å². The van der Waals surface area contributed by atoms with Gasteiger partial charge in [-0.15, -0.1) is 0 Å². The normalized spacial score (nSPS) is 14.5. The van der Waals surface area contributed by atoms with Crippen molar-refractivity contribution < 1.29 is 80.2 Å². The molecule has 0 saturated heterocycles. The van der Waals surface area contributed by atoms with E-state index in [4.69, 9.17) is 37.0 Å². The molecule has 0 fully saturated rings. The van der Waals surface area contributed by atoms with Crippen molar-refractivity contribution in [2.75, 3.05) is 39.6 Å². The molecule has 0 aromatic carbocycles. The maximum Gasteiger partial charge on any atom is 0.472 e. The van der Waals surface area contributed by atoms with Gasteiger partial charge >= 0.3 is 39.5 Å². The number of phosphoric ester groups is 2. The number of allylic oxidation sites excluding steroid dienone is 4. The van der Waals surface area contributed by atoms with Crippen molar-refractivity contribution in [2.24, 2.45) is 17.8 Å². The number of aliphatic hydroxyl groups is 1. The van der Waals surface area contributed by atoms with Crippen LogP contribution in [0.2, 0.25) is 0 Å². The van der Waals surface area contributed by atoms with Crippen molar-refractivity contribution in [1.82, 2.24) is 0 Å². The summed E-state index contributed by atoms with van der Waals surface area (Å²) in [5, 5.41) is 10.6. The highest BCUT2D eigenvalue weighted by Gasteiger charge is 2.30. The number of rotatable bonds is 73. The van der Waals surface area contributed by atoms with E-state index in [2.05, 4.69) is 72.8 Å². The van der Waals surface area contributed by atoms with Crippen LogP contribution in [-0.2, 0) is 65.4 Å². The molecule has 0 spiro atoms. The Kier molecular flexibility index (Phi) is 65.3. The Bertz CT molecular complexity index is 1970. The van der Waals surface area contributed by atoms with Crippen LogP contribution >= 0.6 is 15.6 Å². The summed E-state index contributed by atoms with van der Waals surface area (Å²) in [5.74, 6) is 0.0903. The first kappa shape index (κ1) is 93.5. The van der Waals surface area contributed by atoms with Gasteiger partial charge in [0.15, 0.2) is 12.2 Å². The largest absolute Gasteiger partial charge is 0.472 e. The zero-order valence-corrected chi connectivity index (χ0v) is 64.1. The van der Waals surface area contributed by atoms with Crippen LogP contribution in [-0.4, -0.2) is 96.7 Å². The van der Waals surface area contributed by atoms with Crippen molar-refractivity contribution in [3.05, 3.63) is 24.3 Å². The van der Waals surface area contributed by atoms with Gasteiger partial charge in [0.05, 0.1) is 26.4 Å². The quantitative estimate of drug-likeness (QED) is 0.0169. The van der Waals surface area contributed by atoms with E-state index in [9.17, 15) is 43.2 Å². The van der Waals surface area contributed by atoms with Crippen LogP contribution in [0.5, 0.6) is 0 Å². The lowest BCUT2D eigenvalue weighted by Gasteiger charge is -2.21. The highest BCUT2D eigenvalue weighted by molar-refractivity contribution is 7.47. The van der Waals surface area contributed by atoms with Crippen LogP contribution in [0.15, 0.2) is 24.3 Å². The smallest absolute Gasteiger partial charge is 0.462 e. The molecule has 0 aliphatic heterocycles. The molecule has 0 aromatic rings. The van der Waals surface area contributed by atoms with Gasteiger partial charge in [0, 0.05) is 25.7 Å². The van der Waals surface area contributed by atoms with Gasteiger partial charge in [-0.05, 0) is 69.1 Å². The fraction of sp³-hybridized carbons (Fsp3) is 0.896. The Morgan fingerprint density at radius 2 is 0.615 bits per heavy atom. The molecule has 0 bridgehead atoms. The molecule has 0 aliphatic rings. The number of ether oxygens (including phenoxy) is 4. The molecule has 19 heteroatoms. The Hall–Kier alpha value is -2.46. The predicted octanol–water partition coefficient (Wildman–Crippen LogP) is 22.1. The zero-order chi connectivity index (χ0) is 70.9. The summed E-state index contributed by atoms with van der Waals surface area (Å²) < 4.78 is 68.4. The number of esters is 4. The molecule has 0 radical (unpaired) electrons. The summed E-state index contributed by atoms with van der Waals surface area (Å²) in [6.07, 6.45) is 56.7. The Morgan fingerprint density at radius 1 is 0.344 bits per heavy atom. The molecular weight excluding hydrogens is 1260 g/mol. The first-order valence-electron chi connectivity index (χ1n) is 39.2. The molecule has 0 heterocycles. The SMILES string of the molecule is CCCCCC/C=C\C=C/CCCCCCCC(=O)O[C@H](COC(=O)CCCCCCCCCCCCCCCCCCCCC(C)CC)COP(=O)(O)OC[C@@H](O)COP(=O)(O)OC[C@@H](COC(=O)CCCCCCCCC(C)C)OC(=O)CCCCCCCCCC(C)C. The third-order valence-electron chi connectivity index (χ3n) is 17.6. The van der Waals surface area contributed by atoms with E-state index in [-0.39, 0.29) is 25.7 Å². The number of aliphatic hydroxyl groups excluding tert-OH is 1. The molecule has 3 unspecified atom stereocenters. The van der Waals surface area contributed by atoms with Gasteiger partial charge in [0.1, 0.15) is 19.3 Å². The molecule has 6 atom stereocenters. The molecule has 0 amide bonds. The second kappa shape index (κ2) is 67.1. The molecule has 0 saturated carbocycles. The van der Waals surface area contributed by atoms with Gasteiger partial charge < -0.3 is 33.8 Å². The van der Waals surface area contributed by atoms with E-state index in [0.717, 1.165) is 115 Å². The van der Waals surface area contributed by atoms with Crippen molar-refractivity contribution in [2.45, 2.75) is 388 Å². The number of carbonyl (C=O) groups excluding carboxylic acids is 4. The van der Waals surface area contributed by atoms with E-state index in [1.807, 2.05) is 0 Å². The molecule has 96 heavy (non-hydrogen) atoms. The zero-order valence-electron chi connectivity index (χ0n) is 62.3. The Morgan fingerprint density at radius 3 is 0.927 bits per heavy atom. The lowest BCUT2D eigenvalue weighted by Crippen LogP contribution is -2.30. The third kappa shape index (κ3) is 68.7. The lowest BCUT2D eigenvalue weighted by atomic mass is 9.99. The number of carbonyl (C=O) groups is 4. The second-order valence-electron chi connectivity index (χ2n) is 28.3. The van der Waals surface area contributed by atoms with Gasteiger partial charge in [-0.25, -0.2) is 9.13 Å².